The summed E-state index contributed by atoms with van der Waals surface area (Å²) in [7, 11) is 0. The standard InChI is InChI=1S/C10H13N3O2/c14-10(15)7-3-4-8-11-12-9(6-1-2-6)13(8)5-7/h6-7H,1-5H2,(H,14,15)/t7-/m1/s1. The molecule has 0 spiro atoms. The zero-order valence-corrected chi connectivity index (χ0v) is 8.39. The Kier molecular flexibility index (Phi) is 1.81. The highest BCUT2D eigenvalue weighted by Crippen LogP contribution is 2.40. The van der Waals surface area contributed by atoms with Crippen LogP contribution in [-0.2, 0) is 17.8 Å². The van der Waals surface area contributed by atoms with E-state index in [0.29, 0.717) is 18.9 Å². The van der Waals surface area contributed by atoms with E-state index in [2.05, 4.69) is 10.2 Å². The zero-order valence-electron chi connectivity index (χ0n) is 8.39. The van der Waals surface area contributed by atoms with Crippen LogP contribution in [0.3, 0.4) is 0 Å². The molecule has 5 nitrogen and oxygen atoms in total. The van der Waals surface area contributed by atoms with E-state index in [1.54, 1.807) is 0 Å². The number of aryl methyl sites for hydroxylation is 1. The molecular formula is C10H13N3O2. The van der Waals surface area contributed by atoms with E-state index in [1.807, 2.05) is 4.57 Å². The quantitative estimate of drug-likeness (QED) is 0.779. The molecular weight excluding hydrogens is 194 g/mol. The van der Waals surface area contributed by atoms with Crippen LogP contribution in [0.15, 0.2) is 0 Å². The lowest BCUT2D eigenvalue weighted by Gasteiger charge is -2.20. The molecule has 5 heteroatoms. The molecule has 1 aliphatic heterocycles. The van der Waals surface area contributed by atoms with E-state index in [4.69, 9.17) is 5.11 Å². The second-order valence-electron chi connectivity index (χ2n) is 4.43. The minimum atomic E-state index is -0.698. The van der Waals surface area contributed by atoms with Crippen molar-refractivity contribution in [2.24, 2.45) is 5.92 Å². The van der Waals surface area contributed by atoms with Gasteiger partial charge >= 0.3 is 5.97 Å². The van der Waals surface area contributed by atoms with Gasteiger partial charge in [0.25, 0.3) is 0 Å². The molecule has 1 aromatic rings. The first kappa shape index (κ1) is 8.88. The summed E-state index contributed by atoms with van der Waals surface area (Å²) in [5.41, 5.74) is 0. The van der Waals surface area contributed by atoms with Crippen molar-refractivity contribution >= 4 is 5.97 Å². The lowest BCUT2D eigenvalue weighted by molar-refractivity contribution is -0.142. The van der Waals surface area contributed by atoms with Crippen molar-refractivity contribution in [2.75, 3.05) is 0 Å². The van der Waals surface area contributed by atoms with Gasteiger partial charge in [0.1, 0.15) is 11.6 Å². The SMILES string of the molecule is O=C(O)[C@@H]1CCc2nnc(C3CC3)n2C1. The van der Waals surface area contributed by atoms with Gasteiger partial charge in [0, 0.05) is 18.9 Å². The fraction of sp³-hybridized carbons (Fsp3) is 0.700. The predicted molar refractivity (Wildman–Crippen MR) is 51.4 cm³/mol. The van der Waals surface area contributed by atoms with Crippen molar-refractivity contribution in [3.8, 4) is 0 Å². The maximum absolute atomic E-state index is 10.9. The molecule has 15 heavy (non-hydrogen) atoms. The van der Waals surface area contributed by atoms with E-state index < -0.39 is 5.97 Å². The van der Waals surface area contributed by atoms with Crippen molar-refractivity contribution in [3.05, 3.63) is 11.6 Å². The molecule has 1 saturated carbocycles. The minimum Gasteiger partial charge on any atom is -0.481 e. The van der Waals surface area contributed by atoms with Gasteiger partial charge in [0.2, 0.25) is 0 Å². The van der Waals surface area contributed by atoms with Crippen LogP contribution < -0.4 is 0 Å². The first-order chi connectivity index (χ1) is 7.25. The number of carbonyl (C=O) groups is 1. The second kappa shape index (κ2) is 3.05. The predicted octanol–water partition coefficient (Wildman–Crippen LogP) is 0.802. The molecule has 2 heterocycles. The fourth-order valence-corrected chi connectivity index (χ4v) is 2.19. The molecule has 3 rings (SSSR count). The largest absolute Gasteiger partial charge is 0.481 e. The summed E-state index contributed by atoms with van der Waals surface area (Å²) >= 11 is 0. The third-order valence-corrected chi connectivity index (χ3v) is 3.27. The Morgan fingerprint density at radius 1 is 1.33 bits per heavy atom. The molecule has 80 valence electrons. The normalized spacial score (nSPS) is 24.9. The van der Waals surface area contributed by atoms with Crippen LogP contribution in [0.25, 0.3) is 0 Å². The molecule has 1 fully saturated rings. The average molecular weight is 207 g/mol. The summed E-state index contributed by atoms with van der Waals surface area (Å²) in [5, 5.41) is 17.3. The van der Waals surface area contributed by atoms with Crippen LogP contribution in [0.4, 0.5) is 0 Å². The number of rotatable bonds is 2. The number of nitrogens with zero attached hydrogens (tertiary/aromatic N) is 3. The van der Waals surface area contributed by atoms with Gasteiger partial charge in [-0.2, -0.15) is 0 Å². The van der Waals surface area contributed by atoms with Gasteiger partial charge in [0.15, 0.2) is 0 Å². The van der Waals surface area contributed by atoms with Crippen LogP contribution in [-0.4, -0.2) is 25.8 Å². The van der Waals surface area contributed by atoms with Crippen LogP contribution in [0, 0.1) is 5.92 Å². The number of hydrogen-bond donors (Lipinski definition) is 1. The van der Waals surface area contributed by atoms with Gasteiger partial charge in [-0.05, 0) is 19.3 Å². The number of aromatic nitrogens is 3. The zero-order chi connectivity index (χ0) is 10.4. The van der Waals surface area contributed by atoms with Gasteiger partial charge < -0.3 is 9.67 Å². The Morgan fingerprint density at radius 2 is 2.13 bits per heavy atom. The average Bonchev–Trinajstić information content (AvgIpc) is 2.98. The van der Waals surface area contributed by atoms with E-state index >= 15 is 0 Å². The Morgan fingerprint density at radius 3 is 2.80 bits per heavy atom. The van der Waals surface area contributed by atoms with E-state index in [9.17, 15) is 4.79 Å². The summed E-state index contributed by atoms with van der Waals surface area (Å²) in [5.74, 6) is 1.56. The number of hydrogen-bond acceptors (Lipinski definition) is 3. The van der Waals surface area contributed by atoms with Crippen LogP contribution in [0.5, 0.6) is 0 Å². The van der Waals surface area contributed by atoms with E-state index in [0.717, 1.165) is 18.1 Å². The van der Waals surface area contributed by atoms with Crippen LogP contribution in [0.2, 0.25) is 0 Å². The molecule has 2 aliphatic rings. The summed E-state index contributed by atoms with van der Waals surface area (Å²) in [4.78, 5) is 10.9. The lowest BCUT2D eigenvalue weighted by Crippen LogP contribution is -2.27. The Labute approximate surface area is 87.1 Å². The molecule has 1 N–H and O–H groups in total. The van der Waals surface area contributed by atoms with Crippen molar-refractivity contribution in [1.29, 1.82) is 0 Å². The molecule has 0 aromatic carbocycles. The Bertz CT molecular complexity index is 409. The molecule has 1 aromatic heterocycles. The van der Waals surface area contributed by atoms with Gasteiger partial charge in [-0.1, -0.05) is 0 Å². The highest BCUT2D eigenvalue weighted by atomic mass is 16.4. The Balaban J connectivity index is 1.91. The monoisotopic (exact) mass is 207 g/mol. The van der Waals surface area contributed by atoms with Gasteiger partial charge in [-0.15, -0.1) is 10.2 Å². The lowest BCUT2D eigenvalue weighted by atomic mass is 9.99. The first-order valence-corrected chi connectivity index (χ1v) is 5.40. The maximum atomic E-state index is 10.9. The molecule has 1 aliphatic carbocycles. The van der Waals surface area contributed by atoms with Gasteiger partial charge in [0.05, 0.1) is 5.92 Å². The first-order valence-electron chi connectivity index (χ1n) is 5.40. The fourth-order valence-electron chi connectivity index (χ4n) is 2.19. The molecule has 0 saturated heterocycles. The smallest absolute Gasteiger partial charge is 0.308 e. The molecule has 1 atom stereocenters. The second-order valence-corrected chi connectivity index (χ2v) is 4.43. The molecule has 0 amide bonds. The molecule has 0 bridgehead atoms. The summed E-state index contributed by atoms with van der Waals surface area (Å²) in [6, 6.07) is 0. The van der Waals surface area contributed by atoms with Crippen LogP contribution in [0.1, 0.15) is 36.8 Å². The van der Waals surface area contributed by atoms with E-state index in [-0.39, 0.29) is 5.92 Å². The number of aliphatic carboxylic acids is 1. The van der Waals surface area contributed by atoms with Crippen molar-refractivity contribution in [2.45, 2.75) is 38.1 Å². The number of fused-ring (bicyclic) bond motifs is 1. The van der Waals surface area contributed by atoms with Crippen molar-refractivity contribution < 1.29 is 9.90 Å². The highest BCUT2D eigenvalue weighted by Gasteiger charge is 2.34. The van der Waals surface area contributed by atoms with Crippen molar-refractivity contribution in [1.82, 2.24) is 14.8 Å². The third-order valence-electron chi connectivity index (χ3n) is 3.27. The summed E-state index contributed by atoms with van der Waals surface area (Å²) in [6.45, 7) is 0.559. The van der Waals surface area contributed by atoms with Gasteiger partial charge in [-0.3, -0.25) is 4.79 Å². The number of carboxylic acid groups (broad SMARTS) is 1. The Hall–Kier alpha value is -1.39. The maximum Gasteiger partial charge on any atom is 0.308 e. The highest BCUT2D eigenvalue weighted by molar-refractivity contribution is 5.70. The van der Waals surface area contributed by atoms with Crippen LogP contribution >= 0.6 is 0 Å². The summed E-state index contributed by atoms with van der Waals surface area (Å²) in [6.07, 6.45) is 3.79. The molecule has 0 unspecified atom stereocenters. The van der Waals surface area contributed by atoms with E-state index in [1.165, 1.54) is 12.8 Å². The topological polar surface area (TPSA) is 68.0 Å². The van der Waals surface area contributed by atoms with Crippen molar-refractivity contribution in [3.63, 3.8) is 0 Å². The molecule has 0 radical (unpaired) electrons. The summed E-state index contributed by atoms with van der Waals surface area (Å²) < 4.78 is 2.03. The third kappa shape index (κ3) is 1.42. The minimum absolute atomic E-state index is 0.258. The van der Waals surface area contributed by atoms with Gasteiger partial charge in [-0.25, -0.2) is 0 Å². The number of carboxylic acids is 1.